The van der Waals surface area contributed by atoms with Gasteiger partial charge in [0.05, 0.1) is 17.7 Å². The average Bonchev–Trinajstić information content (AvgIpc) is 2.21. The zero-order chi connectivity index (χ0) is 11.4. The minimum atomic E-state index is -0.951. The maximum absolute atomic E-state index is 13.0. The van der Waals surface area contributed by atoms with Gasteiger partial charge in [-0.15, -0.1) is 0 Å². The van der Waals surface area contributed by atoms with Crippen LogP contribution in [-0.4, -0.2) is 23.8 Å². The minimum absolute atomic E-state index is 0.129. The number of rotatable bonds is 3. The molecule has 0 saturated carbocycles. The van der Waals surface area contributed by atoms with E-state index in [1.165, 1.54) is 0 Å². The molecule has 0 aromatic carbocycles. The third-order valence-electron chi connectivity index (χ3n) is 1.64. The Kier molecular flexibility index (Phi) is 3.74. The number of carbonyl (C=O) groups excluding carboxylic acids is 2. The van der Waals surface area contributed by atoms with Gasteiger partial charge >= 0.3 is 5.97 Å². The second kappa shape index (κ2) is 4.84. The van der Waals surface area contributed by atoms with Crippen LogP contribution in [0.15, 0.2) is 12.3 Å². The SMILES string of the molecule is COC(=O)CC(=O)c1cc(Cl)cnc1F. The van der Waals surface area contributed by atoms with E-state index in [-0.39, 0.29) is 10.6 Å². The Labute approximate surface area is 90.0 Å². The van der Waals surface area contributed by atoms with Crippen LogP contribution in [0, 0.1) is 5.95 Å². The molecule has 6 heteroatoms. The highest BCUT2D eigenvalue weighted by Gasteiger charge is 2.17. The Hall–Kier alpha value is -1.49. The third-order valence-corrected chi connectivity index (χ3v) is 1.85. The summed E-state index contributed by atoms with van der Waals surface area (Å²) in [5.74, 6) is -2.40. The number of pyridine rings is 1. The minimum Gasteiger partial charge on any atom is -0.469 e. The smallest absolute Gasteiger partial charge is 0.313 e. The van der Waals surface area contributed by atoms with Gasteiger partial charge in [-0.1, -0.05) is 11.6 Å². The van der Waals surface area contributed by atoms with Crippen molar-refractivity contribution in [2.45, 2.75) is 6.42 Å². The van der Waals surface area contributed by atoms with Crippen molar-refractivity contribution < 1.29 is 18.7 Å². The molecule has 1 aromatic heterocycles. The number of methoxy groups -OCH3 is 1. The van der Waals surface area contributed by atoms with Gasteiger partial charge in [0.25, 0.3) is 0 Å². The number of hydrogen-bond acceptors (Lipinski definition) is 4. The van der Waals surface area contributed by atoms with Crippen molar-refractivity contribution in [3.8, 4) is 0 Å². The van der Waals surface area contributed by atoms with Crippen molar-refractivity contribution in [3.63, 3.8) is 0 Å². The van der Waals surface area contributed by atoms with E-state index >= 15 is 0 Å². The lowest BCUT2D eigenvalue weighted by Gasteiger charge is -2.01. The fourth-order valence-electron chi connectivity index (χ4n) is 0.917. The van der Waals surface area contributed by atoms with Crippen molar-refractivity contribution in [3.05, 3.63) is 28.8 Å². The van der Waals surface area contributed by atoms with Gasteiger partial charge in [-0.05, 0) is 6.07 Å². The lowest BCUT2D eigenvalue weighted by atomic mass is 10.1. The molecule has 0 radical (unpaired) electrons. The van der Waals surface area contributed by atoms with Crippen LogP contribution in [0.2, 0.25) is 5.02 Å². The summed E-state index contributed by atoms with van der Waals surface area (Å²) in [6, 6.07) is 1.12. The first kappa shape index (κ1) is 11.6. The first-order chi connectivity index (χ1) is 7.04. The highest BCUT2D eigenvalue weighted by Crippen LogP contribution is 2.14. The van der Waals surface area contributed by atoms with Crippen LogP contribution >= 0.6 is 11.6 Å². The van der Waals surface area contributed by atoms with E-state index < -0.39 is 24.1 Å². The Bertz CT molecular complexity index is 408. The molecular weight excluding hydrogens is 225 g/mol. The van der Waals surface area contributed by atoms with Crippen molar-refractivity contribution in [1.29, 1.82) is 0 Å². The number of aromatic nitrogens is 1. The molecule has 4 nitrogen and oxygen atoms in total. The van der Waals surface area contributed by atoms with E-state index in [4.69, 9.17) is 11.6 Å². The van der Waals surface area contributed by atoms with Gasteiger partial charge in [-0.3, -0.25) is 9.59 Å². The second-order valence-corrected chi connectivity index (χ2v) is 3.10. The van der Waals surface area contributed by atoms with Crippen molar-refractivity contribution >= 4 is 23.4 Å². The average molecular weight is 232 g/mol. The van der Waals surface area contributed by atoms with Crippen LogP contribution in [0.25, 0.3) is 0 Å². The van der Waals surface area contributed by atoms with Gasteiger partial charge in [0.15, 0.2) is 5.78 Å². The molecule has 0 N–H and O–H groups in total. The summed E-state index contributed by atoms with van der Waals surface area (Å²) in [6.45, 7) is 0. The molecule has 1 aromatic rings. The molecule has 0 saturated heterocycles. The third kappa shape index (κ3) is 2.99. The molecule has 1 heterocycles. The predicted molar refractivity (Wildman–Crippen MR) is 50.2 cm³/mol. The zero-order valence-electron chi connectivity index (χ0n) is 7.79. The largest absolute Gasteiger partial charge is 0.469 e. The maximum Gasteiger partial charge on any atom is 0.313 e. The number of carbonyl (C=O) groups is 2. The molecule has 80 valence electrons. The molecule has 1 rings (SSSR count). The molecule has 0 fully saturated rings. The summed E-state index contributed by atoms with van der Waals surface area (Å²) >= 11 is 5.53. The normalized spacial score (nSPS) is 9.80. The highest BCUT2D eigenvalue weighted by molar-refractivity contribution is 6.30. The maximum atomic E-state index is 13.0. The summed E-state index contributed by atoms with van der Waals surface area (Å²) in [7, 11) is 1.14. The van der Waals surface area contributed by atoms with Gasteiger partial charge in [0.1, 0.15) is 6.42 Å². The van der Waals surface area contributed by atoms with Crippen molar-refractivity contribution in [2.24, 2.45) is 0 Å². The first-order valence-electron chi connectivity index (χ1n) is 3.95. The van der Waals surface area contributed by atoms with E-state index in [1.54, 1.807) is 0 Å². The Morgan fingerprint density at radius 2 is 2.27 bits per heavy atom. The zero-order valence-corrected chi connectivity index (χ0v) is 8.55. The Morgan fingerprint density at radius 1 is 1.60 bits per heavy atom. The van der Waals surface area contributed by atoms with Gasteiger partial charge < -0.3 is 4.74 Å². The summed E-state index contributed by atoms with van der Waals surface area (Å²) in [4.78, 5) is 25.4. The number of ether oxygens (including phenoxy) is 1. The van der Waals surface area contributed by atoms with Crippen LogP contribution in [-0.2, 0) is 9.53 Å². The van der Waals surface area contributed by atoms with Gasteiger partial charge in [-0.25, -0.2) is 4.98 Å². The lowest BCUT2D eigenvalue weighted by Crippen LogP contribution is -2.11. The van der Waals surface area contributed by atoms with E-state index in [2.05, 4.69) is 9.72 Å². The first-order valence-corrected chi connectivity index (χ1v) is 4.33. The fraction of sp³-hybridized carbons (Fsp3) is 0.222. The summed E-state index contributed by atoms with van der Waals surface area (Å²) < 4.78 is 17.3. The summed E-state index contributed by atoms with van der Waals surface area (Å²) in [5.41, 5.74) is -0.312. The second-order valence-electron chi connectivity index (χ2n) is 2.67. The molecule has 0 aliphatic rings. The molecule has 0 aliphatic heterocycles. The number of hydrogen-bond donors (Lipinski definition) is 0. The standard InChI is InChI=1S/C9H7ClFNO3/c1-15-8(14)3-7(13)6-2-5(10)4-12-9(6)11/h2,4H,3H2,1H3. The molecule has 0 aliphatic carbocycles. The van der Waals surface area contributed by atoms with Crippen LogP contribution in [0.5, 0.6) is 0 Å². The van der Waals surface area contributed by atoms with Gasteiger partial charge in [-0.2, -0.15) is 4.39 Å². The number of Topliss-reactive ketones (excluding diaryl/α,β-unsaturated/α-hetero) is 1. The molecule has 0 unspecified atom stereocenters. The highest BCUT2D eigenvalue weighted by atomic mass is 35.5. The van der Waals surface area contributed by atoms with E-state index in [0.29, 0.717) is 0 Å². The molecule has 0 spiro atoms. The van der Waals surface area contributed by atoms with Crippen molar-refractivity contribution in [2.75, 3.05) is 7.11 Å². The van der Waals surface area contributed by atoms with Crippen LogP contribution in [0.1, 0.15) is 16.8 Å². The molecule has 0 bridgehead atoms. The summed E-state index contributed by atoms with van der Waals surface area (Å²) in [5, 5.41) is 0.129. The van der Waals surface area contributed by atoms with Crippen LogP contribution < -0.4 is 0 Å². The fourth-order valence-corrected chi connectivity index (χ4v) is 1.07. The molecular formula is C9H7ClFNO3. The number of nitrogens with zero attached hydrogens (tertiary/aromatic N) is 1. The lowest BCUT2D eigenvalue weighted by molar-refractivity contribution is -0.139. The number of ketones is 1. The van der Waals surface area contributed by atoms with Gasteiger partial charge in [0.2, 0.25) is 5.95 Å². The van der Waals surface area contributed by atoms with E-state index in [0.717, 1.165) is 19.4 Å². The topological polar surface area (TPSA) is 56.3 Å². The monoisotopic (exact) mass is 231 g/mol. The predicted octanol–water partition coefficient (Wildman–Crippen LogP) is 1.62. The van der Waals surface area contributed by atoms with Crippen LogP contribution in [0.3, 0.4) is 0 Å². The van der Waals surface area contributed by atoms with Gasteiger partial charge in [0, 0.05) is 6.20 Å². The Balaban J connectivity index is 2.91. The number of esters is 1. The van der Waals surface area contributed by atoms with Crippen LogP contribution in [0.4, 0.5) is 4.39 Å². The van der Waals surface area contributed by atoms with Crippen molar-refractivity contribution in [1.82, 2.24) is 4.98 Å². The summed E-state index contributed by atoms with van der Waals surface area (Å²) in [6.07, 6.45) is 0.543. The molecule has 0 atom stereocenters. The number of halogens is 2. The van der Waals surface area contributed by atoms with E-state index in [1.807, 2.05) is 0 Å². The molecule has 0 amide bonds. The van der Waals surface area contributed by atoms with E-state index in [9.17, 15) is 14.0 Å². The Morgan fingerprint density at radius 3 is 2.87 bits per heavy atom. The quantitative estimate of drug-likeness (QED) is 0.343. The molecule has 15 heavy (non-hydrogen) atoms.